The minimum atomic E-state index is 0.262. The number of benzene rings is 1. The molecule has 0 aliphatic heterocycles. The van der Waals surface area contributed by atoms with Crippen molar-refractivity contribution in [3.8, 4) is 5.75 Å². The van der Waals surface area contributed by atoms with Crippen LogP contribution in [-0.2, 0) is 0 Å². The van der Waals surface area contributed by atoms with E-state index in [9.17, 15) is 0 Å². The van der Waals surface area contributed by atoms with Crippen LogP contribution < -0.4 is 4.74 Å². The van der Waals surface area contributed by atoms with Gasteiger partial charge in [0.2, 0.25) is 0 Å². The van der Waals surface area contributed by atoms with Gasteiger partial charge >= 0.3 is 0 Å². The molecule has 0 aliphatic rings. The summed E-state index contributed by atoms with van der Waals surface area (Å²) < 4.78 is 5.90. The van der Waals surface area contributed by atoms with E-state index in [4.69, 9.17) is 4.74 Å². The molecule has 1 nitrogen and oxygen atoms in total. The molecule has 1 rings (SSSR count). The van der Waals surface area contributed by atoms with Crippen LogP contribution in [-0.4, -0.2) is 18.2 Å². The zero-order valence-corrected chi connectivity index (χ0v) is 13.2. The maximum absolute atomic E-state index is 5.90. The van der Waals surface area contributed by atoms with E-state index in [1.807, 2.05) is 0 Å². The van der Waals surface area contributed by atoms with Crippen molar-refractivity contribution in [1.82, 2.24) is 0 Å². The number of ether oxygens (including phenoxy) is 1. The van der Waals surface area contributed by atoms with Gasteiger partial charge in [0.15, 0.2) is 0 Å². The molecule has 0 heterocycles. The highest BCUT2D eigenvalue weighted by molar-refractivity contribution is 9.09. The second-order valence-corrected chi connectivity index (χ2v) is 5.75. The minimum absolute atomic E-state index is 0.262. The second-order valence-electron chi connectivity index (χ2n) is 4.30. The lowest BCUT2D eigenvalue weighted by Gasteiger charge is -2.29. The predicted octanol–water partition coefficient (Wildman–Crippen LogP) is 4.99. The Balaban J connectivity index is 2.59. The number of alkyl halides is 1. The molecule has 0 saturated heterocycles. The van der Waals surface area contributed by atoms with Crippen molar-refractivity contribution >= 4 is 27.7 Å². The predicted molar refractivity (Wildman–Crippen MR) is 80.5 cm³/mol. The number of hydrogen-bond donors (Lipinski definition) is 0. The number of halogens is 1. The number of thioether (sulfide) groups is 1. The van der Waals surface area contributed by atoms with Crippen LogP contribution in [0.25, 0.3) is 0 Å². The molecule has 0 N–H and O–H groups in total. The van der Waals surface area contributed by atoms with Crippen LogP contribution in [0, 0.1) is 5.41 Å². The molecule has 3 heteroatoms. The highest BCUT2D eigenvalue weighted by Gasteiger charge is 2.25. The lowest BCUT2D eigenvalue weighted by Crippen LogP contribution is -2.28. The average molecular weight is 317 g/mol. The van der Waals surface area contributed by atoms with E-state index in [1.54, 1.807) is 11.8 Å². The Morgan fingerprint density at radius 3 is 2.18 bits per heavy atom. The zero-order chi connectivity index (χ0) is 12.7. The van der Waals surface area contributed by atoms with Gasteiger partial charge < -0.3 is 4.74 Å². The summed E-state index contributed by atoms with van der Waals surface area (Å²) in [7, 11) is 0. The van der Waals surface area contributed by atoms with Gasteiger partial charge in [0.1, 0.15) is 5.75 Å². The fourth-order valence-corrected chi connectivity index (χ4v) is 2.95. The first-order valence-corrected chi connectivity index (χ1v) is 8.37. The van der Waals surface area contributed by atoms with Gasteiger partial charge in [0.05, 0.1) is 6.61 Å². The van der Waals surface area contributed by atoms with E-state index in [1.165, 1.54) is 4.90 Å². The molecule has 1 aromatic rings. The van der Waals surface area contributed by atoms with E-state index in [-0.39, 0.29) is 5.41 Å². The van der Waals surface area contributed by atoms with Crippen molar-refractivity contribution in [2.75, 3.05) is 18.2 Å². The number of hydrogen-bond acceptors (Lipinski definition) is 2. The average Bonchev–Trinajstić information content (AvgIpc) is 2.41. The summed E-state index contributed by atoms with van der Waals surface area (Å²) in [6.45, 7) is 5.24. The summed E-state index contributed by atoms with van der Waals surface area (Å²) in [5.41, 5.74) is 0.262. The molecule has 0 bridgehead atoms. The van der Waals surface area contributed by atoms with Crippen molar-refractivity contribution < 1.29 is 4.74 Å². The minimum Gasteiger partial charge on any atom is -0.493 e. The van der Waals surface area contributed by atoms with Gasteiger partial charge in [-0.05, 0) is 43.4 Å². The molecule has 0 aliphatic carbocycles. The second kappa shape index (κ2) is 7.32. The molecule has 0 unspecified atom stereocenters. The maximum atomic E-state index is 5.90. The molecule has 0 spiro atoms. The highest BCUT2D eigenvalue weighted by atomic mass is 79.9. The maximum Gasteiger partial charge on any atom is 0.119 e. The highest BCUT2D eigenvalue weighted by Crippen LogP contribution is 2.30. The largest absolute Gasteiger partial charge is 0.493 e. The van der Waals surface area contributed by atoms with Gasteiger partial charge in [-0.3, -0.25) is 0 Å². The Kier molecular flexibility index (Phi) is 6.42. The van der Waals surface area contributed by atoms with Crippen molar-refractivity contribution in [2.45, 2.75) is 31.6 Å². The van der Waals surface area contributed by atoms with Gasteiger partial charge in [-0.2, -0.15) is 0 Å². The van der Waals surface area contributed by atoms with Crippen LogP contribution in [0.3, 0.4) is 0 Å². The fourth-order valence-electron chi connectivity index (χ4n) is 1.59. The van der Waals surface area contributed by atoms with E-state index < -0.39 is 0 Å². The Morgan fingerprint density at radius 2 is 1.76 bits per heavy atom. The van der Waals surface area contributed by atoms with Gasteiger partial charge in [0.25, 0.3) is 0 Å². The monoisotopic (exact) mass is 316 g/mol. The smallest absolute Gasteiger partial charge is 0.119 e. The molecular weight excluding hydrogens is 296 g/mol. The fraction of sp³-hybridized carbons (Fsp3) is 0.571. The van der Waals surface area contributed by atoms with Gasteiger partial charge in [-0.25, -0.2) is 0 Å². The van der Waals surface area contributed by atoms with Crippen LogP contribution in [0.5, 0.6) is 5.75 Å². The summed E-state index contributed by atoms with van der Waals surface area (Å²) in [6.07, 6.45) is 4.36. The van der Waals surface area contributed by atoms with E-state index in [0.717, 1.165) is 30.5 Å². The first-order chi connectivity index (χ1) is 8.19. The standard InChI is InChI=1S/C14H21BrOS/c1-4-14(5-2,10-15)11-16-12-6-8-13(17-3)9-7-12/h6-9H,4-5,10-11H2,1-3H3. The first kappa shape index (κ1) is 14.9. The van der Waals surface area contributed by atoms with E-state index in [2.05, 4.69) is 60.3 Å². The third kappa shape index (κ3) is 4.22. The molecule has 0 fully saturated rings. The zero-order valence-electron chi connectivity index (χ0n) is 10.8. The summed E-state index contributed by atoms with van der Waals surface area (Å²) in [5, 5.41) is 0.996. The van der Waals surface area contributed by atoms with E-state index in [0.29, 0.717) is 0 Å². The molecule has 0 radical (unpaired) electrons. The normalized spacial score (nSPS) is 11.5. The van der Waals surface area contributed by atoms with Gasteiger partial charge in [-0.1, -0.05) is 29.8 Å². The molecule has 0 aromatic heterocycles. The van der Waals surface area contributed by atoms with Crippen molar-refractivity contribution in [3.63, 3.8) is 0 Å². The molecule has 96 valence electrons. The molecule has 0 amide bonds. The molecule has 0 saturated carbocycles. The molecular formula is C14H21BrOS. The molecule has 1 aromatic carbocycles. The summed E-state index contributed by atoms with van der Waals surface area (Å²) >= 11 is 5.36. The quantitative estimate of drug-likeness (QED) is 0.517. The third-order valence-corrected chi connectivity index (χ3v) is 5.32. The first-order valence-electron chi connectivity index (χ1n) is 6.02. The Hall–Kier alpha value is -0.150. The van der Waals surface area contributed by atoms with Gasteiger partial charge in [0, 0.05) is 15.6 Å². The number of rotatable bonds is 7. The van der Waals surface area contributed by atoms with Gasteiger partial charge in [-0.15, -0.1) is 11.8 Å². The van der Waals surface area contributed by atoms with Crippen molar-refractivity contribution in [1.29, 1.82) is 0 Å². The van der Waals surface area contributed by atoms with Crippen LogP contribution >= 0.6 is 27.7 Å². The van der Waals surface area contributed by atoms with Crippen LogP contribution in [0.15, 0.2) is 29.2 Å². The topological polar surface area (TPSA) is 9.23 Å². The van der Waals surface area contributed by atoms with E-state index >= 15 is 0 Å². The van der Waals surface area contributed by atoms with Crippen molar-refractivity contribution in [2.24, 2.45) is 5.41 Å². The Labute approximate surface area is 117 Å². The SMILES string of the molecule is CCC(CC)(CBr)COc1ccc(SC)cc1. The lowest BCUT2D eigenvalue weighted by atomic mass is 9.86. The molecule has 17 heavy (non-hydrogen) atoms. The van der Waals surface area contributed by atoms with Crippen LogP contribution in [0.2, 0.25) is 0 Å². The Morgan fingerprint density at radius 1 is 1.18 bits per heavy atom. The summed E-state index contributed by atoms with van der Waals surface area (Å²) in [6, 6.07) is 8.31. The summed E-state index contributed by atoms with van der Waals surface area (Å²) in [5.74, 6) is 0.968. The third-order valence-electron chi connectivity index (χ3n) is 3.39. The van der Waals surface area contributed by atoms with Crippen LogP contribution in [0.1, 0.15) is 26.7 Å². The molecule has 0 atom stereocenters. The Bertz CT molecular complexity index is 311. The van der Waals surface area contributed by atoms with Crippen molar-refractivity contribution in [3.05, 3.63) is 24.3 Å². The lowest BCUT2D eigenvalue weighted by molar-refractivity contribution is 0.158. The van der Waals surface area contributed by atoms with Crippen LogP contribution in [0.4, 0.5) is 0 Å². The summed E-state index contributed by atoms with van der Waals surface area (Å²) in [4.78, 5) is 1.27.